The number of hydrogen-bond acceptors (Lipinski definition) is 4. The van der Waals surface area contributed by atoms with Crippen molar-refractivity contribution in [1.29, 1.82) is 0 Å². The van der Waals surface area contributed by atoms with Gasteiger partial charge in [0, 0.05) is 4.47 Å². The maximum Gasteiger partial charge on any atom is 0.373 e. The molecule has 1 atom stereocenters. The average molecular weight is 352 g/mol. The Kier molecular flexibility index (Phi) is 5.59. The fourth-order valence-corrected chi connectivity index (χ4v) is 2.39. The van der Waals surface area contributed by atoms with E-state index in [1.54, 1.807) is 6.07 Å². The Balaban J connectivity index is 2.16. The van der Waals surface area contributed by atoms with E-state index in [-0.39, 0.29) is 11.8 Å². The summed E-state index contributed by atoms with van der Waals surface area (Å²) in [6.45, 7) is 2.86. The van der Waals surface area contributed by atoms with E-state index in [1.165, 1.54) is 12.7 Å². The summed E-state index contributed by atoms with van der Waals surface area (Å²) in [7, 11) is 1.34. The van der Waals surface area contributed by atoms with Gasteiger partial charge in [-0.05, 0) is 42.8 Å². The Hall–Kier alpha value is -1.59. The van der Waals surface area contributed by atoms with Crippen LogP contribution in [-0.4, -0.2) is 19.6 Å². The number of hydrogen-bond donors (Lipinski definition) is 1. The summed E-state index contributed by atoms with van der Waals surface area (Å²) in [5.74, 6) is 0.506. The minimum Gasteiger partial charge on any atom is -0.463 e. The number of carbonyl (C=O) groups excluding carboxylic acids is 1. The molecule has 1 unspecified atom stereocenters. The highest BCUT2D eigenvalue weighted by molar-refractivity contribution is 9.10. The van der Waals surface area contributed by atoms with Crippen molar-refractivity contribution in [2.24, 2.45) is 0 Å². The van der Waals surface area contributed by atoms with E-state index < -0.39 is 5.97 Å². The van der Waals surface area contributed by atoms with Crippen LogP contribution in [-0.2, 0) is 11.2 Å². The smallest absolute Gasteiger partial charge is 0.373 e. The molecule has 0 saturated carbocycles. The van der Waals surface area contributed by atoms with Gasteiger partial charge in [0.25, 0.3) is 0 Å². The second-order valence-corrected chi connectivity index (χ2v) is 5.55. The maximum atomic E-state index is 11.5. The zero-order valence-corrected chi connectivity index (χ0v) is 13.6. The molecule has 21 heavy (non-hydrogen) atoms. The van der Waals surface area contributed by atoms with Crippen molar-refractivity contribution in [3.05, 3.63) is 58.0 Å². The summed E-state index contributed by atoms with van der Waals surface area (Å²) in [4.78, 5) is 11.5. The van der Waals surface area contributed by atoms with Gasteiger partial charge in [0.15, 0.2) is 0 Å². The van der Waals surface area contributed by atoms with E-state index in [1.807, 2.05) is 25.1 Å². The summed E-state index contributed by atoms with van der Waals surface area (Å²) in [5.41, 5.74) is 1.19. The average Bonchev–Trinajstić information content (AvgIpc) is 2.98. The van der Waals surface area contributed by atoms with Gasteiger partial charge in [-0.15, -0.1) is 0 Å². The Morgan fingerprint density at radius 3 is 2.62 bits per heavy atom. The molecule has 1 N–H and O–H groups in total. The monoisotopic (exact) mass is 351 g/mol. The molecular weight excluding hydrogens is 334 g/mol. The molecule has 1 aromatic heterocycles. The summed E-state index contributed by atoms with van der Waals surface area (Å²) in [6, 6.07) is 11.7. The number of methoxy groups -OCH3 is 1. The lowest BCUT2D eigenvalue weighted by Gasteiger charge is -2.15. The van der Waals surface area contributed by atoms with Gasteiger partial charge in [-0.25, -0.2) is 4.79 Å². The normalized spacial score (nSPS) is 12.1. The lowest BCUT2D eigenvalue weighted by molar-refractivity contribution is 0.0562. The number of halogens is 1. The second-order valence-electron chi connectivity index (χ2n) is 4.63. The van der Waals surface area contributed by atoms with Crippen molar-refractivity contribution < 1.29 is 13.9 Å². The zero-order valence-electron chi connectivity index (χ0n) is 12.1. The van der Waals surface area contributed by atoms with E-state index in [2.05, 4.69) is 38.1 Å². The lowest BCUT2D eigenvalue weighted by Crippen LogP contribution is -2.22. The first-order valence-corrected chi connectivity index (χ1v) is 7.59. The van der Waals surface area contributed by atoms with Crippen molar-refractivity contribution in [2.45, 2.75) is 19.4 Å². The Morgan fingerprint density at radius 2 is 2.00 bits per heavy atom. The van der Waals surface area contributed by atoms with Crippen LogP contribution in [0.25, 0.3) is 0 Å². The molecule has 0 radical (unpaired) electrons. The Labute approximate surface area is 132 Å². The highest BCUT2D eigenvalue weighted by Gasteiger charge is 2.18. The molecular formula is C16H18BrNO3. The third kappa shape index (κ3) is 4.19. The topological polar surface area (TPSA) is 51.5 Å². The molecule has 0 bridgehead atoms. The number of ether oxygens (including phenoxy) is 1. The molecule has 0 aliphatic heterocycles. The van der Waals surface area contributed by atoms with E-state index in [0.717, 1.165) is 23.2 Å². The van der Waals surface area contributed by atoms with Crippen molar-refractivity contribution in [3.63, 3.8) is 0 Å². The first-order chi connectivity index (χ1) is 10.1. The highest BCUT2D eigenvalue weighted by Crippen LogP contribution is 2.22. The molecule has 5 heteroatoms. The molecule has 2 aromatic rings. The molecule has 0 spiro atoms. The van der Waals surface area contributed by atoms with Crippen LogP contribution in [0.3, 0.4) is 0 Å². The number of nitrogens with one attached hydrogen (secondary N) is 1. The van der Waals surface area contributed by atoms with Gasteiger partial charge in [-0.1, -0.05) is 35.0 Å². The van der Waals surface area contributed by atoms with Gasteiger partial charge in [0.05, 0.1) is 13.2 Å². The Bertz CT molecular complexity index is 592. The van der Waals surface area contributed by atoms with Crippen LogP contribution in [0.15, 0.2) is 45.3 Å². The fourth-order valence-electron chi connectivity index (χ4n) is 2.13. The molecule has 4 nitrogen and oxygen atoms in total. The third-order valence-corrected chi connectivity index (χ3v) is 3.69. The predicted molar refractivity (Wildman–Crippen MR) is 84.3 cm³/mol. The van der Waals surface area contributed by atoms with Crippen LogP contribution in [0, 0.1) is 0 Å². The second kappa shape index (κ2) is 7.43. The molecule has 0 amide bonds. The van der Waals surface area contributed by atoms with E-state index >= 15 is 0 Å². The molecule has 1 aromatic carbocycles. The minimum atomic E-state index is -0.458. The minimum absolute atomic E-state index is 0.0228. The molecule has 112 valence electrons. The largest absolute Gasteiger partial charge is 0.463 e. The summed E-state index contributed by atoms with van der Waals surface area (Å²) < 4.78 is 11.3. The van der Waals surface area contributed by atoms with Gasteiger partial charge < -0.3 is 14.5 Å². The maximum absolute atomic E-state index is 11.5. The van der Waals surface area contributed by atoms with Crippen molar-refractivity contribution in [1.82, 2.24) is 5.32 Å². The number of benzene rings is 1. The van der Waals surface area contributed by atoms with Gasteiger partial charge >= 0.3 is 5.97 Å². The van der Waals surface area contributed by atoms with Gasteiger partial charge in [-0.2, -0.15) is 0 Å². The number of esters is 1. The quantitative estimate of drug-likeness (QED) is 0.805. The Morgan fingerprint density at radius 1 is 1.29 bits per heavy atom. The molecule has 2 rings (SSSR count). The zero-order chi connectivity index (χ0) is 15.2. The molecule has 0 fully saturated rings. The first-order valence-electron chi connectivity index (χ1n) is 6.80. The van der Waals surface area contributed by atoms with Crippen LogP contribution >= 0.6 is 15.9 Å². The molecule has 0 aliphatic rings. The van der Waals surface area contributed by atoms with Crippen LogP contribution in [0.5, 0.6) is 0 Å². The summed E-state index contributed by atoms with van der Waals surface area (Å²) >= 11 is 3.43. The fraction of sp³-hybridized carbons (Fsp3) is 0.312. The van der Waals surface area contributed by atoms with E-state index in [9.17, 15) is 4.79 Å². The van der Waals surface area contributed by atoms with Crippen molar-refractivity contribution >= 4 is 21.9 Å². The predicted octanol–water partition coefficient (Wildman–Crippen LogP) is 3.72. The first kappa shape index (κ1) is 15.8. The third-order valence-electron chi connectivity index (χ3n) is 3.16. The number of furan rings is 1. The van der Waals surface area contributed by atoms with Crippen LogP contribution in [0.1, 0.15) is 34.8 Å². The standard InChI is InChI=1S/C16H18BrNO3/c1-3-18-13(10-11-4-6-12(17)7-5-11)14-8-9-15(21-14)16(19)20-2/h4-9,13,18H,3,10H2,1-2H3. The molecule has 0 saturated heterocycles. The van der Waals surface area contributed by atoms with Gasteiger partial charge in [0.1, 0.15) is 5.76 Å². The van der Waals surface area contributed by atoms with Gasteiger partial charge in [0.2, 0.25) is 5.76 Å². The lowest BCUT2D eigenvalue weighted by atomic mass is 10.0. The van der Waals surface area contributed by atoms with E-state index in [4.69, 9.17) is 4.42 Å². The highest BCUT2D eigenvalue weighted by atomic mass is 79.9. The van der Waals surface area contributed by atoms with Crippen LogP contribution in [0.2, 0.25) is 0 Å². The summed E-state index contributed by atoms with van der Waals surface area (Å²) in [6.07, 6.45) is 0.787. The molecule has 1 heterocycles. The van der Waals surface area contributed by atoms with Crippen molar-refractivity contribution in [2.75, 3.05) is 13.7 Å². The number of likely N-dealkylation sites (N-methyl/N-ethyl adjacent to an activating group) is 1. The van der Waals surface area contributed by atoms with Gasteiger partial charge in [-0.3, -0.25) is 0 Å². The van der Waals surface area contributed by atoms with Crippen molar-refractivity contribution in [3.8, 4) is 0 Å². The number of carbonyl (C=O) groups is 1. The van der Waals surface area contributed by atoms with Crippen LogP contribution < -0.4 is 5.32 Å². The van der Waals surface area contributed by atoms with E-state index in [0.29, 0.717) is 0 Å². The van der Waals surface area contributed by atoms with Crippen LogP contribution in [0.4, 0.5) is 0 Å². The SMILES string of the molecule is CCNC(Cc1ccc(Br)cc1)c1ccc(C(=O)OC)o1. The number of rotatable bonds is 6. The molecule has 0 aliphatic carbocycles. The summed E-state index contributed by atoms with van der Waals surface area (Å²) in [5, 5.41) is 3.37.